The average Bonchev–Trinajstić information content (AvgIpc) is 2.69. The summed E-state index contributed by atoms with van der Waals surface area (Å²) in [4.78, 5) is 21.0. The molecule has 1 saturated heterocycles. The third-order valence-electron chi connectivity index (χ3n) is 2.39. The molecule has 0 unspecified atom stereocenters. The Morgan fingerprint density at radius 1 is 1.36 bits per heavy atom. The highest BCUT2D eigenvalue weighted by Crippen LogP contribution is 2.17. The molecule has 0 spiro atoms. The fourth-order valence-electron chi connectivity index (χ4n) is 1.74. The third-order valence-corrected chi connectivity index (χ3v) is 2.39. The van der Waals surface area contributed by atoms with Crippen LogP contribution in [0.15, 0.2) is 6.07 Å². The van der Waals surface area contributed by atoms with E-state index in [-0.39, 0.29) is 5.82 Å². The van der Waals surface area contributed by atoms with Crippen molar-refractivity contribution in [1.82, 2.24) is 9.97 Å². The number of aryl methyl sites for hydroxylation is 1. The lowest BCUT2D eigenvalue weighted by Gasteiger charge is -2.16. The lowest BCUT2D eigenvalue weighted by molar-refractivity contribution is 0.111. The highest BCUT2D eigenvalue weighted by Gasteiger charge is 2.14. The number of nitrogens with zero attached hydrogens (tertiary/aromatic N) is 3. The fraction of sp³-hybridized carbons (Fsp3) is 0.500. The van der Waals surface area contributed by atoms with Gasteiger partial charge in [-0.2, -0.15) is 0 Å². The van der Waals surface area contributed by atoms with Gasteiger partial charge in [0.2, 0.25) is 0 Å². The van der Waals surface area contributed by atoms with Crippen LogP contribution in [0.25, 0.3) is 0 Å². The molecule has 4 heteroatoms. The van der Waals surface area contributed by atoms with Crippen molar-refractivity contribution in [3.63, 3.8) is 0 Å². The average molecular weight is 191 g/mol. The van der Waals surface area contributed by atoms with Crippen LogP contribution in [-0.2, 0) is 0 Å². The standard InChI is InChI=1S/C10H13N3O/c1-8-6-10(12-9(7-14)11-8)13-4-2-3-5-13/h6-7H,2-5H2,1H3. The smallest absolute Gasteiger partial charge is 0.194 e. The van der Waals surface area contributed by atoms with Crippen LogP contribution >= 0.6 is 0 Å². The van der Waals surface area contributed by atoms with E-state index in [9.17, 15) is 4.79 Å². The zero-order chi connectivity index (χ0) is 9.97. The van der Waals surface area contributed by atoms with Crippen LogP contribution in [-0.4, -0.2) is 29.3 Å². The molecule has 1 fully saturated rings. The normalized spacial score (nSPS) is 15.9. The summed E-state index contributed by atoms with van der Waals surface area (Å²) in [7, 11) is 0. The summed E-state index contributed by atoms with van der Waals surface area (Å²) in [6, 6.07) is 1.93. The van der Waals surface area contributed by atoms with Gasteiger partial charge in [-0.1, -0.05) is 0 Å². The summed E-state index contributed by atoms with van der Waals surface area (Å²) < 4.78 is 0. The molecule has 0 saturated carbocycles. The highest BCUT2D eigenvalue weighted by atomic mass is 16.1. The van der Waals surface area contributed by atoms with Gasteiger partial charge in [-0.3, -0.25) is 4.79 Å². The van der Waals surface area contributed by atoms with Crippen molar-refractivity contribution >= 4 is 12.1 Å². The molecule has 1 aromatic rings. The molecule has 0 atom stereocenters. The molecular weight excluding hydrogens is 178 g/mol. The van der Waals surface area contributed by atoms with Gasteiger partial charge in [0.1, 0.15) is 5.82 Å². The summed E-state index contributed by atoms with van der Waals surface area (Å²) in [5, 5.41) is 0. The number of aldehydes is 1. The number of carbonyl (C=O) groups excluding carboxylic acids is 1. The molecule has 2 rings (SSSR count). The summed E-state index contributed by atoms with van der Waals surface area (Å²) in [5.41, 5.74) is 0.851. The predicted octanol–water partition coefficient (Wildman–Crippen LogP) is 1.20. The maximum Gasteiger partial charge on any atom is 0.194 e. The van der Waals surface area contributed by atoms with Gasteiger partial charge in [0.25, 0.3) is 0 Å². The molecule has 74 valence electrons. The first kappa shape index (κ1) is 9.12. The first-order valence-corrected chi connectivity index (χ1v) is 4.85. The number of hydrogen-bond acceptors (Lipinski definition) is 4. The number of carbonyl (C=O) groups is 1. The number of aromatic nitrogens is 2. The topological polar surface area (TPSA) is 46.1 Å². The molecule has 2 heterocycles. The van der Waals surface area contributed by atoms with Gasteiger partial charge in [0.05, 0.1) is 0 Å². The van der Waals surface area contributed by atoms with Gasteiger partial charge in [0.15, 0.2) is 12.1 Å². The van der Waals surface area contributed by atoms with Crippen LogP contribution in [0.4, 0.5) is 5.82 Å². The number of hydrogen-bond donors (Lipinski definition) is 0. The van der Waals surface area contributed by atoms with Crippen molar-refractivity contribution in [2.75, 3.05) is 18.0 Å². The molecule has 0 radical (unpaired) electrons. The summed E-state index contributed by atoms with van der Waals surface area (Å²) in [5.74, 6) is 1.17. The lowest BCUT2D eigenvalue weighted by atomic mass is 10.4. The maximum atomic E-state index is 10.6. The van der Waals surface area contributed by atoms with Crippen molar-refractivity contribution in [1.29, 1.82) is 0 Å². The Morgan fingerprint density at radius 2 is 2.07 bits per heavy atom. The van der Waals surface area contributed by atoms with Gasteiger partial charge in [-0.05, 0) is 19.8 Å². The molecule has 4 nitrogen and oxygen atoms in total. The van der Waals surface area contributed by atoms with E-state index in [2.05, 4.69) is 14.9 Å². The van der Waals surface area contributed by atoms with Gasteiger partial charge in [0, 0.05) is 24.8 Å². The SMILES string of the molecule is Cc1cc(N2CCCC2)nc(C=O)n1. The van der Waals surface area contributed by atoms with E-state index in [0.29, 0.717) is 6.29 Å². The molecule has 0 aromatic carbocycles. The summed E-state index contributed by atoms with van der Waals surface area (Å²) in [6.07, 6.45) is 3.12. The van der Waals surface area contributed by atoms with E-state index in [1.54, 1.807) is 0 Å². The lowest BCUT2D eigenvalue weighted by Crippen LogP contribution is -2.20. The van der Waals surface area contributed by atoms with E-state index in [0.717, 1.165) is 24.6 Å². The highest BCUT2D eigenvalue weighted by molar-refractivity contribution is 5.69. The van der Waals surface area contributed by atoms with Gasteiger partial charge < -0.3 is 4.90 Å². The monoisotopic (exact) mass is 191 g/mol. The van der Waals surface area contributed by atoms with Crippen LogP contribution in [0.3, 0.4) is 0 Å². The Morgan fingerprint density at radius 3 is 2.71 bits per heavy atom. The Balaban J connectivity index is 2.31. The van der Waals surface area contributed by atoms with Crippen LogP contribution in [0.1, 0.15) is 29.2 Å². The Hall–Kier alpha value is -1.45. The minimum Gasteiger partial charge on any atom is -0.356 e. The van der Waals surface area contributed by atoms with Crippen molar-refractivity contribution in [3.05, 3.63) is 17.6 Å². The third kappa shape index (κ3) is 1.73. The van der Waals surface area contributed by atoms with Gasteiger partial charge >= 0.3 is 0 Å². The summed E-state index contributed by atoms with van der Waals surface area (Å²) in [6.45, 7) is 3.96. The van der Waals surface area contributed by atoms with E-state index in [1.165, 1.54) is 12.8 Å². The van der Waals surface area contributed by atoms with Crippen LogP contribution in [0.5, 0.6) is 0 Å². The summed E-state index contributed by atoms with van der Waals surface area (Å²) >= 11 is 0. The first-order valence-electron chi connectivity index (χ1n) is 4.85. The zero-order valence-electron chi connectivity index (χ0n) is 8.23. The molecule has 0 amide bonds. The molecule has 1 aromatic heterocycles. The minimum atomic E-state index is 0.284. The number of rotatable bonds is 2. The van der Waals surface area contributed by atoms with Crippen LogP contribution in [0.2, 0.25) is 0 Å². The minimum absolute atomic E-state index is 0.284. The van der Waals surface area contributed by atoms with E-state index in [1.807, 2.05) is 13.0 Å². The zero-order valence-corrected chi connectivity index (χ0v) is 8.23. The second-order valence-electron chi connectivity index (χ2n) is 3.54. The molecule has 14 heavy (non-hydrogen) atoms. The quantitative estimate of drug-likeness (QED) is 0.659. The van der Waals surface area contributed by atoms with Crippen LogP contribution < -0.4 is 4.90 Å². The molecule has 0 aliphatic carbocycles. The Labute approximate surface area is 83.0 Å². The van der Waals surface area contributed by atoms with Crippen molar-refractivity contribution in [2.24, 2.45) is 0 Å². The Kier molecular flexibility index (Phi) is 2.43. The first-order chi connectivity index (χ1) is 6.79. The second-order valence-corrected chi connectivity index (χ2v) is 3.54. The van der Waals surface area contributed by atoms with E-state index < -0.39 is 0 Å². The van der Waals surface area contributed by atoms with Crippen molar-refractivity contribution in [3.8, 4) is 0 Å². The van der Waals surface area contributed by atoms with E-state index in [4.69, 9.17) is 0 Å². The van der Waals surface area contributed by atoms with E-state index >= 15 is 0 Å². The molecule has 1 aliphatic rings. The van der Waals surface area contributed by atoms with Gasteiger partial charge in [-0.25, -0.2) is 9.97 Å². The van der Waals surface area contributed by atoms with Crippen LogP contribution in [0, 0.1) is 6.92 Å². The molecule has 0 bridgehead atoms. The predicted molar refractivity (Wildman–Crippen MR) is 53.6 cm³/mol. The fourth-order valence-corrected chi connectivity index (χ4v) is 1.74. The Bertz CT molecular complexity index is 345. The number of anilines is 1. The second kappa shape index (κ2) is 3.74. The largest absolute Gasteiger partial charge is 0.356 e. The van der Waals surface area contributed by atoms with Crippen molar-refractivity contribution in [2.45, 2.75) is 19.8 Å². The molecule has 0 N–H and O–H groups in total. The molecular formula is C10H13N3O. The van der Waals surface area contributed by atoms with Gasteiger partial charge in [-0.15, -0.1) is 0 Å². The van der Waals surface area contributed by atoms with Crippen molar-refractivity contribution < 1.29 is 4.79 Å². The maximum absolute atomic E-state index is 10.6. The molecule has 1 aliphatic heterocycles.